The number of aryl methyl sites for hydroxylation is 1. The zero-order valence-electron chi connectivity index (χ0n) is 11.2. The molecule has 1 aromatic carbocycles. The Balaban J connectivity index is 1.81. The van der Waals surface area contributed by atoms with E-state index in [9.17, 15) is 8.42 Å². The van der Waals surface area contributed by atoms with E-state index in [0.29, 0.717) is 18.0 Å². The normalized spacial score (nSPS) is 20.4. The van der Waals surface area contributed by atoms with E-state index in [1.165, 1.54) is 10.6 Å². The minimum absolute atomic E-state index is 0.0951. The summed E-state index contributed by atoms with van der Waals surface area (Å²) in [6, 6.07) is 6.95. The van der Waals surface area contributed by atoms with Gasteiger partial charge in [-0.25, -0.2) is 13.4 Å². The van der Waals surface area contributed by atoms with Crippen LogP contribution in [0.5, 0.6) is 0 Å². The average Bonchev–Trinajstić information content (AvgIpc) is 3.10. The van der Waals surface area contributed by atoms with Gasteiger partial charge in [-0.15, -0.1) is 0 Å². The number of nitrogens with one attached hydrogen (secondary N) is 1. The number of H-pyrrole nitrogens is 1. The van der Waals surface area contributed by atoms with E-state index in [2.05, 4.69) is 15.2 Å². The smallest absolute Gasteiger partial charge is 0.243 e. The largest absolute Gasteiger partial charge is 0.263 e. The number of nitrogens with zero attached hydrogens (tertiary/aromatic N) is 3. The van der Waals surface area contributed by atoms with Crippen molar-refractivity contribution in [3.05, 3.63) is 42.0 Å². The van der Waals surface area contributed by atoms with Crippen molar-refractivity contribution in [2.24, 2.45) is 0 Å². The molecule has 1 aliphatic heterocycles. The molecule has 6 nitrogen and oxygen atoms in total. The van der Waals surface area contributed by atoms with Crippen LogP contribution >= 0.6 is 0 Å². The Kier molecular flexibility index (Phi) is 3.31. The first-order valence-corrected chi connectivity index (χ1v) is 7.93. The van der Waals surface area contributed by atoms with Crippen molar-refractivity contribution in [1.82, 2.24) is 19.5 Å². The van der Waals surface area contributed by atoms with E-state index in [-0.39, 0.29) is 5.92 Å². The minimum atomic E-state index is -3.41. The van der Waals surface area contributed by atoms with Gasteiger partial charge in [0.15, 0.2) is 0 Å². The summed E-state index contributed by atoms with van der Waals surface area (Å²) in [4.78, 5) is 4.46. The number of aromatic nitrogens is 3. The van der Waals surface area contributed by atoms with E-state index in [4.69, 9.17) is 0 Å². The van der Waals surface area contributed by atoms with Crippen LogP contribution in [0.4, 0.5) is 0 Å². The maximum atomic E-state index is 12.5. The van der Waals surface area contributed by atoms with Gasteiger partial charge in [-0.2, -0.15) is 9.40 Å². The van der Waals surface area contributed by atoms with Crippen molar-refractivity contribution in [3.63, 3.8) is 0 Å². The first-order chi connectivity index (χ1) is 9.57. The van der Waals surface area contributed by atoms with Gasteiger partial charge in [-0.3, -0.25) is 5.10 Å². The van der Waals surface area contributed by atoms with Gasteiger partial charge in [0.2, 0.25) is 10.0 Å². The van der Waals surface area contributed by atoms with Gasteiger partial charge in [-0.05, 0) is 25.5 Å². The summed E-state index contributed by atoms with van der Waals surface area (Å²) in [5.74, 6) is 0.851. The van der Waals surface area contributed by atoms with Crippen molar-refractivity contribution >= 4 is 10.0 Å². The van der Waals surface area contributed by atoms with Crippen LogP contribution in [0.3, 0.4) is 0 Å². The number of aromatic amines is 1. The molecule has 1 atom stereocenters. The van der Waals surface area contributed by atoms with Crippen molar-refractivity contribution < 1.29 is 8.42 Å². The van der Waals surface area contributed by atoms with Crippen LogP contribution in [0.1, 0.15) is 23.7 Å². The van der Waals surface area contributed by atoms with E-state index >= 15 is 0 Å². The Morgan fingerprint density at radius 3 is 2.70 bits per heavy atom. The summed E-state index contributed by atoms with van der Waals surface area (Å²) in [5.41, 5.74) is 1.05. The van der Waals surface area contributed by atoms with Gasteiger partial charge in [-0.1, -0.05) is 17.7 Å². The molecule has 1 saturated heterocycles. The third kappa shape index (κ3) is 2.34. The van der Waals surface area contributed by atoms with Crippen LogP contribution in [0.2, 0.25) is 0 Å². The molecule has 20 heavy (non-hydrogen) atoms. The lowest BCUT2D eigenvalue weighted by Gasteiger charge is -2.16. The molecule has 1 aliphatic rings. The fourth-order valence-electron chi connectivity index (χ4n) is 2.44. The summed E-state index contributed by atoms with van der Waals surface area (Å²) in [7, 11) is -3.41. The van der Waals surface area contributed by atoms with Gasteiger partial charge >= 0.3 is 0 Å². The van der Waals surface area contributed by atoms with E-state index in [0.717, 1.165) is 17.8 Å². The Labute approximate surface area is 117 Å². The second-order valence-electron chi connectivity index (χ2n) is 5.03. The van der Waals surface area contributed by atoms with Crippen LogP contribution < -0.4 is 0 Å². The molecule has 3 rings (SSSR count). The zero-order valence-corrected chi connectivity index (χ0v) is 12.0. The topological polar surface area (TPSA) is 79.0 Å². The molecule has 0 radical (unpaired) electrons. The molecule has 0 spiro atoms. The van der Waals surface area contributed by atoms with Gasteiger partial charge < -0.3 is 0 Å². The molecular weight excluding hydrogens is 276 g/mol. The highest BCUT2D eigenvalue weighted by Gasteiger charge is 2.34. The van der Waals surface area contributed by atoms with Crippen LogP contribution in [-0.4, -0.2) is 41.0 Å². The SMILES string of the molecule is Cc1ccc(S(=O)(=O)N2CCC(c3ncn[nH]3)C2)cc1. The molecule has 0 bridgehead atoms. The predicted octanol–water partition coefficient (Wildman–Crippen LogP) is 1.29. The Morgan fingerprint density at radius 1 is 1.30 bits per heavy atom. The Bertz CT molecular complexity index is 680. The molecule has 106 valence electrons. The molecule has 0 saturated carbocycles. The van der Waals surface area contributed by atoms with Crippen molar-refractivity contribution in [2.75, 3.05) is 13.1 Å². The fraction of sp³-hybridized carbons (Fsp3) is 0.385. The number of benzene rings is 1. The van der Waals surface area contributed by atoms with Crippen LogP contribution in [-0.2, 0) is 10.0 Å². The first-order valence-electron chi connectivity index (χ1n) is 6.49. The number of hydrogen-bond donors (Lipinski definition) is 1. The van der Waals surface area contributed by atoms with E-state index < -0.39 is 10.0 Å². The molecule has 1 unspecified atom stereocenters. The molecule has 1 fully saturated rings. The third-order valence-corrected chi connectivity index (χ3v) is 5.51. The monoisotopic (exact) mass is 292 g/mol. The molecule has 2 aromatic rings. The second-order valence-corrected chi connectivity index (χ2v) is 6.97. The lowest BCUT2D eigenvalue weighted by atomic mass is 10.1. The lowest BCUT2D eigenvalue weighted by molar-refractivity contribution is 0.471. The molecular formula is C13H16N4O2S. The summed E-state index contributed by atoms with van der Waals surface area (Å²) in [6.07, 6.45) is 2.22. The van der Waals surface area contributed by atoms with Crippen molar-refractivity contribution in [2.45, 2.75) is 24.2 Å². The molecule has 7 heteroatoms. The lowest BCUT2D eigenvalue weighted by Crippen LogP contribution is -2.28. The summed E-state index contributed by atoms with van der Waals surface area (Å²) in [5, 5.41) is 6.63. The van der Waals surface area contributed by atoms with Crippen LogP contribution in [0.25, 0.3) is 0 Å². The quantitative estimate of drug-likeness (QED) is 0.924. The maximum absolute atomic E-state index is 12.5. The van der Waals surface area contributed by atoms with Gasteiger partial charge in [0.25, 0.3) is 0 Å². The standard InChI is InChI=1S/C13H16N4O2S/c1-10-2-4-12(5-3-10)20(18,19)17-7-6-11(8-17)13-14-9-15-16-13/h2-5,9,11H,6-8H2,1H3,(H,14,15,16). The Hall–Kier alpha value is -1.73. The van der Waals surface area contributed by atoms with Gasteiger partial charge in [0.1, 0.15) is 12.2 Å². The van der Waals surface area contributed by atoms with E-state index in [1.807, 2.05) is 19.1 Å². The van der Waals surface area contributed by atoms with Crippen LogP contribution in [0, 0.1) is 6.92 Å². The molecule has 0 amide bonds. The third-order valence-electron chi connectivity index (χ3n) is 3.63. The summed E-state index contributed by atoms with van der Waals surface area (Å²) >= 11 is 0. The first kappa shape index (κ1) is 13.3. The van der Waals surface area contributed by atoms with Gasteiger partial charge in [0, 0.05) is 19.0 Å². The van der Waals surface area contributed by atoms with E-state index in [1.54, 1.807) is 12.1 Å². The second kappa shape index (κ2) is 4.99. The number of hydrogen-bond acceptors (Lipinski definition) is 4. The highest BCUT2D eigenvalue weighted by atomic mass is 32.2. The van der Waals surface area contributed by atoms with Crippen LogP contribution in [0.15, 0.2) is 35.5 Å². The van der Waals surface area contributed by atoms with Crippen molar-refractivity contribution in [1.29, 1.82) is 0 Å². The minimum Gasteiger partial charge on any atom is -0.263 e. The predicted molar refractivity (Wildman–Crippen MR) is 73.7 cm³/mol. The average molecular weight is 292 g/mol. The Morgan fingerprint density at radius 2 is 2.05 bits per heavy atom. The molecule has 2 heterocycles. The molecule has 0 aliphatic carbocycles. The highest BCUT2D eigenvalue weighted by molar-refractivity contribution is 7.89. The highest BCUT2D eigenvalue weighted by Crippen LogP contribution is 2.29. The zero-order chi connectivity index (χ0) is 14.2. The number of sulfonamides is 1. The molecule has 1 N–H and O–H groups in total. The summed E-state index contributed by atoms with van der Waals surface area (Å²) < 4.78 is 26.6. The molecule has 1 aromatic heterocycles. The fourth-order valence-corrected chi connectivity index (χ4v) is 3.94. The maximum Gasteiger partial charge on any atom is 0.243 e. The summed E-state index contributed by atoms with van der Waals surface area (Å²) in [6.45, 7) is 2.90. The van der Waals surface area contributed by atoms with Crippen molar-refractivity contribution in [3.8, 4) is 0 Å². The number of rotatable bonds is 3. The van der Waals surface area contributed by atoms with Gasteiger partial charge in [0.05, 0.1) is 4.90 Å².